The van der Waals surface area contributed by atoms with Gasteiger partial charge in [-0.2, -0.15) is 15.3 Å². The third-order valence-electron chi connectivity index (χ3n) is 2.29. The first-order valence-electron chi connectivity index (χ1n) is 5.26. The summed E-state index contributed by atoms with van der Waals surface area (Å²) >= 11 is 5.99. The van der Waals surface area contributed by atoms with Crippen molar-refractivity contribution in [2.75, 3.05) is 0 Å². The van der Waals surface area contributed by atoms with Crippen molar-refractivity contribution in [2.24, 2.45) is 0 Å². The van der Waals surface area contributed by atoms with Crippen LogP contribution >= 0.6 is 11.6 Å². The molecule has 6 heteroatoms. The molecule has 0 aliphatic carbocycles. The molecule has 0 saturated carbocycles. The van der Waals surface area contributed by atoms with E-state index in [-0.39, 0.29) is 5.78 Å². The number of hydrogen-bond donors (Lipinski definition) is 0. The highest BCUT2D eigenvalue weighted by Crippen LogP contribution is 2.19. The molecule has 0 unspecified atom stereocenters. The van der Waals surface area contributed by atoms with Crippen LogP contribution in [0.25, 0.3) is 0 Å². The summed E-state index contributed by atoms with van der Waals surface area (Å²) in [5, 5.41) is 11.8. The van der Waals surface area contributed by atoms with Crippen molar-refractivity contribution in [3.05, 3.63) is 40.9 Å². The van der Waals surface area contributed by atoms with E-state index in [1.54, 1.807) is 10.7 Å². The van der Waals surface area contributed by atoms with Crippen LogP contribution in [-0.2, 0) is 6.54 Å². The molecule has 2 aromatic heterocycles. The van der Waals surface area contributed by atoms with Crippen molar-refractivity contribution < 1.29 is 4.79 Å². The van der Waals surface area contributed by atoms with E-state index < -0.39 is 0 Å². The Hall–Kier alpha value is -1.75. The Morgan fingerprint density at radius 3 is 2.88 bits per heavy atom. The number of aromatic nitrogens is 4. The SMILES string of the molecule is CCCn1ncc(Cl)c1C(=O)c1ccnnc1. The molecule has 0 radical (unpaired) electrons. The van der Waals surface area contributed by atoms with Crippen molar-refractivity contribution in [1.29, 1.82) is 0 Å². The Morgan fingerprint density at radius 2 is 2.24 bits per heavy atom. The Bertz CT molecular complexity index is 524. The van der Waals surface area contributed by atoms with Crippen LogP contribution in [-0.4, -0.2) is 25.8 Å². The van der Waals surface area contributed by atoms with Gasteiger partial charge in [-0.05, 0) is 12.5 Å². The largest absolute Gasteiger partial charge is 0.287 e. The second-order valence-electron chi connectivity index (χ2n) is 3.52. The third kappa shape index (κ3) is 2.34. The van der Waals surface area contributed by atoms with Crippen LogP contribution in [0.1, 0.15) is 29.4 Å². The van der Waals surface area contributed by atoms with Gasteiger partial charge in [0.2, 0.25) is 5.78 Å². The molecule has 17 heavy (non-hydrogen) atoms. The van der Waals surface area contributed by atoms with Crippen LogP contribution in [0, 0.1) is 0 Å². The van der Waals surface area contributed by atoms with Crippen molar-refractivity contribution in [3.63, 3.8) is 0 Å². The molecule has 0 saturated heterocycles. The number of aryl methyl sites for hydroxylation is 1. The Labute approximate surface area is 103 Å². The maximum Gasteiger partial charge on any atom is 0.214 e. The highest BCUT2D eigenvalue weighted by atomic mass is 35.5. The van der Waals surface area contributed by atoms with Gasteiger partial charge in [-0.1, -0.05) is 18.5 Å². The predicted octanol–water partition coefficient (Wildman–Crippen LogP) is 1.97. The van der Waals surface area contributed by atoms with Gasteiger partial charge in [0.15, 0.2) is 0 Å². The van der Waals surface area contributed by atoms with E-state index in [1.807, 2.05) is 6.92 Å². The van der Waals surface area contributed by atoms with Gasteiger partial charge in [0.05, 0.1) is 23.6 Å². The Balaban J connectivity index is 2.40. The van der Waals surface area contributed by atoms with E-state index in [9.17, 15) is 4.79 Å². The zero-order valence-corrected chi connectivity index (χ0v) is 10.1. The molecule has 0 atom stereocenters. The standard InChI is InChI=1S/C11H11ClN4O/c1-2-5-16-10(9(12)7-15-16)11(17)8-3-4-13-14-6-8/h3-4,6-7H,2,5H2,1H3. The lowest BCUT2D eigenvalue weighted by Gasteiger charge is -2.05. The van der Waals surface area contributed by atoms with E-state index in [2.05, 4.69) is 15.3 Å². The van der Waals surface area contributed by atoms with E-state index in [0.717, 1.165) is 6.42 Å². The maximum atomic E-state index is 12.2. The summed E-state index contributed by atoms with van der Waals surface area (Å²) in [4.78, 5) is 12.2. The molecular formula is C11H11ClN4O. The highest BCUT2D eigenvalue weighted by Gasteiger charge is 2.18. The average Bonchev–Trinajstić information content (AvgIpc) is 2.71. The summed E-state index contributed by atoms with van der Waals surface area (Å²) in [7, 11) is 0. The monoisotopic (exact) mass is 250 g/mol. The molecule has 0 spiro atoms. The van der Waals surface area contributed by atoms with E-state index in [4.69, 9.17) is 11.6 Å². The zero-order chi connectivity index (χ0) is 12.3. The summed E-state index contributed by atoms with van der Waals surface area (Å²) in [5.74, 6) is -0.184. The molecule has 0 aliphatic rings. The van der Waals surface area contributed by atoms with Gasteiger partial charge in [0.25, 0.3) is 0 Å². The van der Waals surface area contributed by atoms with Gasteiger partial charge in [-0.15, -0.1) is 0 Å². The average molecular weight is 251 g/mol. The van der Waals surface area contributed by atoms with Crippen LogP contribution in [0.4, 0.5) is 0 Å². The molecule has 2 rings (SSSR count). The van der Waals surface area contributed by atoms with Crippen molar-refractivity contribution in [2.45, 2.75) is 19.9 Å². The number of halogens is 1. The van der Waals surface area contributed by atoms with Gasteiger partial charge in [-0.3, -0.25) is 9.48 Å². The molecule has 0 fully saturated rings. The molecular weight excluding hydrogens is 240 g/mol. The summed E-state index contributed by atoms with van der Waals surface area (Å²) in [6.07, 6.45) is 5.26. The molecule has 0 N–H and O–H groups in total. The van der Waals surface area contributed by atoms with E-state index in [0.29, 0.717) is 22.8 Å². The summed E-state index contributed by atoms with van der Waals surface area (Å²) in [6, 6.07) is 1.61. The van der Waals surface area contributed by atoms with Crippen molar-refractivity contribution >= 4 is 17.4 Å². The normalized spacial score (nSPS) is 10.5. The topological polar surface area (TPSA) is 60.7 Å². The summed E-state index contributed by atoms with van der Waals surface area (Å²) in [5.41, 5.74) is 0.862. The van der Waals surface area contributed by atoms with E-state index in [1.165, 1.54) is 18.6 Å². The van der Waals surface area contributed by atoms with Crippen LogP contribution in [0.15, 0.2) is 24.7 Å². The predicted molar refractivity (Wildman–Crippen MR) is 63.0 cm³/mol. The molecule has 0 bridgehead atoms. The zero-order valence-electron chi connectivity index (χ0n) is 9.30. The van der Waals surface area contributed by atoms with Gasteiger partial charge in [0.1, 0.15) is 5.69 Å². The maximum absolute atomic E-state index is 12.2. The molecule has 2 heterocycles. The minimum absolute atomic E-state index is 0.184. The molecule has 88 valence electrons. The first-order chi connectivity index (χ1) is 8.24. The fraction of sp³-hybridized carbons (Fsp3) is 0.273. The third-order valence-corrected chi connectivity index (χ3v) is 2.57. The highest BCUT2D eigenvalue weighted by molar-refractivity contribution is 6.34. The van der Waals surface area contributed by atoms with Crippen molar-refractivity contribution in [3.8, 4) is 0 Å². The number of hydrogen-bond acceptors (Lipinski definition) is 4. The van der Waals surface area contributed by atoms with Crippen LogP contribution in [0.2, 0.25) is 5.02 Å². The first-order valence-corrected chi connectivity index (χ1v) is 5.64. The fourth-order valence-electron chi connectivity index (χ4n) is 1.53. The summed E-state index contributed by atoms with van der Waals surface area (Å²) < 4.78 is 1.62. The molecule has 0 aliphatic heterocycles. The number of carbonyl (C=O) groups is 1. The van der Waals surface area contributed by atoms with Gasteiger partial charge < -0.3 is 0 Å². The molecule has 5 nitrogen and oxygen atoms in total. The second-order valence-corrected chi connectivity index (χ2v) is 3.93. The Kier molecular flexibility index (Phi) is 3.49. The molecule has 0 aromatic carbocycles. The summed E-state index contributed by atoms with van der Waals surface area (Å²) in [6.45, 7) is 2.67. The van der Waals surface area contributed by atoms with Crippen molar-refractivity contribution in [1.82, 2.24) is 20.0 Å². The lowest BCUT2D eigenvalue weighted by molar-refractivity contribution is 0.102. The number of nitrogens with zero attached hydrogens (tertiary/aromatic N) is 4. The fourth-order valence-corrected chi connectivity index (χ4v) is 1.76. The quantitative estimate of drug-likeness (QED) is 0.779. The Morgan fingerprint density at radius 1 is 1.41 bits per heavy atom. The minimum atomic E-state index is -0.184. The van der Waals surface area contributed by atoms with Crippen LogP contribution in [0.3, 0.4) is 0 Å². The van der Waals surface area contributed by atoms with E-state index >= 15 is 0 Å². The smallest absolute Gasteiger partial charge is 0.214 e. The number of ketones is 1. The molecule has 2 aromatic rings. The van der Waals surface area contributed by atoms with Crippen LogP contribution < -0.4 is 0 Å². The first kappa shape index (κ1) is 11.7. The number of carbonyl (C=O) groups excluding carboxylic acids is 1. The van der Waals surface area contributed by atoms with Gasteiger partial charge in [0, 0.05) is 12.1 Å². The molecule has 0 amide bonds. The minimum Gasteiger partial charge on any atom is -0.287 e. The lowest BCUT2D eigenvalue weighted by atomic mass is 10.1. The van der Waals surface area contributed by atoms with Crippen LogP contribution in [0.5, 0.6) is 0 Å². The second kappa shape index (κ2) is 5.05. The van der Waals surface area contributed by atoms with Gasteiger partial charge >= 0.3 is 0 Å². The van der Waals surface area contributed by atoms with Gasteiger partial charge in [-0.25, -0.2) is 0 Å². The number of rotatable bonds is 4. The lowest BCUT2D eigenvalue weighted by Crippen LogP contribution is -2.12.